The molecule has 0 amide bonds. The average Bonchev–Trinajstić information content (AvgIpc) is 2.65. The highest BCUT2D eigenvalue weighted by atomic mass is 79.9. The summed E-state index contributed by atoms with van der Waals surface area (Å²) < 4.78 is 13.3. The zero-order valence-electron chi connectivity index (χ0n) is 15.6. The highest BCUT2D eigenvalue weighted by Gasteiger charge is 2.05. The molecule has 2 rings (SSSR count). The Morgan fingerprint density at radius 1 is 0.821 bits per heavy atom. The predicted octanol–water partition coefficient (Wildman–Crippen LogP) is 5.44. The normalized spacial score (nSPS) is 10.5. The number of ether oxygens (including phenoxy) is 2. The fourth-order valence-electron chi connectivity index (χ4n) is 2.52. The maximum Gasteiger partial charge on any atom is 0.133 e. The van der Waals surface area contributed by atoms with Crippen molar-refractivity contribution in [3.05, 3.63) is 63.0 Å². The molecule has 0 bridgehead atoms. The van der Waals surface area contributed by atoms with Crippen LogP contribution in [-0.2, 0) is 0 Å². The molecule has 0 atom stereocenters. The molecule has 0 radical (unpaired) electrons. The summed E-state index contributed by atoms with van der Waals surface area (Å²) >= 11 is 6.95. The molecule has 2 aromatic rings. The number of halogens is 2. The van der Waals surface area contributed by atoms with Crippen molar-refractivity contribution in [2.45, 2.75) is 25.7 Å². The maximum absolute atomic E-state index is 7.44. The molecule has 5 N–H and O–H groups in total. The molecule has 0 saturated carbocycles. The van der Waals surface area contributed by atoms with E-state index in [1.54, 1.807) is 12.1 Å². The first kappa shape index (κ1) is 22.3. The fraction of sp³-hybridized carbons (Fsp3) is 0.286. The summed E-state index contributed by atoms with van der Waals surface area (Å²) in [5.74, 6) is 1.62. The molecule has 0 aliphatic carbocycles. The number of rotatable bonds is 11. The Morgan fingerprint density at radius 2 is 1.29 bits per heavy atom. The number of unbranched alkanes of at least 4 members (excludes halogenated alkanes) is 3. The van der Waals surface area contributed by atoms with E-state index in [1.807, 2.05) is 24.3 Å². The topological polar surface area (TPSA) is 94.4 Å². The number of amidine groups is 1. The second kappa shape index (κ2) is 11.1. The average molecular weight is 511 g/mol. The van der Waals surface area contributed by atoms with Gasteiger partial charge in [0.2, 0.25) is 0 Å². The van der Waals surface area contributed by atoms with Crippen LogP contribution < -0.4 is 20.9 Å². The molecular weight excluding hydrogens is 486 g/mol. The van der Waals surface area contributed by atoms with Crippen molar-refractivity contribution in [2.24, 2.45) is 11.5 Å². The first-order valence-electron chi connectivity index (χ1n) is 9.02. The Labute approximate surface area is 182 Å². The van der Waals surface area contributed by atoms with Crippen molar-refractivity contribution < 1.29 is 9.47 Å². The second-order valence-corrected chi connectivity index (χ2v) is 8.05. The molecule has 28 heavy (non-hydrogen) atoms. The van der Waals surface area contributed by atoms with Gasteiger partial charge in [0, 0.05) is 11.3 Å². The Kier molecular flexibility index (Phi) is 8.86. The summed E-state index contributed by atoms with van der Waals surface area (Å²) in [5.41, 5.74) is 13.3. The van der Waals surface area contributed by atoms with Gasteiger partial charge >= 0.3 is 0 Å². The lowest BCUT2D eigenvalue weighted by atomic mass is 10.2. The van der Waals surface area contributed by atoms with Crippen LogP contribution in [0.3, 0.4) is 0 Å². The van der Waals surface area contributed by atoms with Gasteiger partial charge in [0.1, 0.15) is 17.3 Å². The van der Waals surface area contributed by atoms with Gasteiger partial charge < -0.3 is 20.9 Å². The van der Waals surface area contributed by atoms with Gasteiger partial charge in [0.05, 0.1) is 22.2 Å². The van der Waals surface area contributed by atoms with Crippen molar-refractivity contribution in [2.75, 3.05) is 13.2 Å². The van der Waals surface area contributed by atoms with Gasteiger partial charge in [-0.05, 0) is 99.5 Å². The van der Waals surface area contributed by atoms with Crippen molar-refractivity contribution >= 4 is 43.4 Å². The molecule has 0 saturated heterocycles. The smallest absolute Gasteiger partial charge is 0.133 e. The van der Waals surface area contributed by atoms with Gasteiger partial charge in [-0.1, -0.05) is 6.58 Å². The monoisotopic (exact) mass is 509 g/mol. The van der Waals surface area contributed by atoms with E-state index in [0.29, 0.717) is 24.5 Å². The Balaban J connectivity index is 1.61. The van der Waals surface area contributed by atoms with E-state index in [1.165, 1.54) is 0 Å². The largest absolute Gasteiger partial charge is 0.492 e. The molecule has 0 aliphatic heterocycles. The minimum atomic E-state index is 0.0438. The summed E-state index contributed by atoms with van der Waals surface area (Å²) in [7, 11) is 0. The van der Waals surface area contributed by atoms with Crippen molar-refractivity contribution in [1.29, 1.82) is 5.41 Å². The quantitative estimate of drug-likeness (QED) is 0.213. The van der Waals surface area contributed by atoms with Crippen molar-refractivity contribution in [3.63, 3.8) is 0 Å². The molecule has 0 aromatic heterocycles. The fourth-order valence-corrected chi connectivity index (χ4v) is 3.51. The SMILES string of the molecule is C=C(N)c1ccc(OCCCCCCOc2ccc(C(=N)N)cc2Br)c(Br)c1. The number of hydrogen-bond donors (Lipinski definition) is 3. The number of nitrogen functional groups attached to an aromatic ring is 1. The zero-order valence-corrected chi connectivity index (χ0v) is 18.8. The number of nitrogens with one attached hydrogen (secondary N) is 1. The van der Waals surface area contributed by atoms with Gasteiger partial charge in [-0.25, -0.2) is 0 Å². The standard InChI is InChI=1S/C21H25Br2N3O2/c1-14(24)15-6-8-19(17(22)12-15)27-10-4-2-3-5-11-28-20-9-7-16(21(25)26)13-18(20)23/h6-9,12-13H,1-5,10-11,24H2,(H3,25,26). The van der Waals surface area contributed by atoms with E-state index in [-0.39, 0.29) is 5.84 Å². The van der Waals surface area contributed by atoms with Crippen LogP contribution in [-0.4, -0.2) is 19.0 Å². The molecule has 0 heterocycles. The summed E-state index contributed by atoms with van der Waals surface area (Å²) in [6.07, 6.45) is 4.09. The molecule has 0 spiro atoms. The third-order valence-electron chi connectivity index (χ3n) is 4.10. The summed E-state index contributed by atoms with van der Waals surface area (Å²) in [5, 5.41) is 7.44. The van der Waals surface area contributed by atoms with Crippen LogP contribution in [0.25, 0.3) is 5.70 Å². The Bertz CT molecular complexity index is 771. The Morgan fingerprint density at radius 3 is 1.71 bits per heavy atom. The number of benzene rings is 2. The van der Waals surface area contributed by atoms with Crippen LogP contribution in [0.5, 0.6) is 11.5 Å². The minimum absolute atomic E-state index is 0.0438. The third-order valence-corrected chi connectivity index (χ3v) is 5.34. The van der Waals surface area contributed by atoms with E-state index < -0.39 is 0 Å². The molecule has 0 unspecified atom stereocenters. The van der Waals surface area contributed by atoms with Gasteiger partial charge in [0.15, 0.2) is 0 Å². The van der Waals surface area contributed by atoms with Gasteiger partial charge in [-0.15, -0.1) is 0 Å². The van der Waals surface area contributed by atoms with Gasteiger partial charge in [0.25, 0.3) is 0 Å². The Hall–Kier alpha value is -1.99. The first-order valence-corrected chi connectivity index (χ1v) is 10.6. The summed E-state index contributed by atoms with van der Waals surface area (Å²) in [6.45, 7) is 5.05. The molecule has 5 nitrogen and oxygen atoms in total. The second-order valence-electron chi connectivity index (χ2n) is 6.34. The number of hydrogen-bond acceptors (Lipinski definition) is 4. The van der Waals surface area contributed by atoms with Crippen LogP contribution in [0.2, 0.25) is 0 Å². The van der Waals surface area contributed by atoms with Crippen molar-refractivity contribution in [1.82, 2.24) is 0 Å². The highest BCUT2D eigenvalue weighted by Crippen LogP contribution is 2.28. The van der Waals surface area contributed by atoms with E-state index in [9.17, 15) is 0 Å². The van der Waals surface area contributed by atoms with Crippen LogP contribution in [0.1, 0.15) is 36.8 Å². The van der Waals surface area contributed by atoms with E-state index in [4.69, 9.17) is 26.4 Å². The lowest BCUT2D eigenvalue weighted by Gasteiger charge is -2.11. The molecule has 150 valence electrons. The van der Waals surface area contributed by atoms with Gasteiger partial charge in [-0.3, -0.25) is 5.41 Å². The van der Waals surface area contributed by atoms with Crippen LogP contribution in [0.15, 0.2) is 51.9 Å². The molecule has 7 heteroatoms. The van der Waals surface area contributed by atoms with Gasteiger partial charge in [-0.2, -0.15) is 0 Å². The van der Waals surface area contributed by atoms with Crippen LogP contribution >= 0.6 is 31.9 Å². The first-order chi connectivity index (χ1) is 13.4. The predicted molar refractivity (Wildman–Crippen MR) is 122 cm³/mol. The molecule has 0 fully saturated rings. The molecule has 2 aromatic carbocycles. The summed E-state index contributed by atoms with van der Waals surface area (Å²) in [6, 6.07) is 11.1. The van der Waals surface area contributed by atoms with Crippen molar-refractivity contribution in [3.8, 4) is 11.5 Å². The molecule has 0 aliphatic rings. The lowest BCUT2D eigenvalue weighted by Crippen LogP contribution is -2.11. The minimum Gasteiger partial charge on any atom is -0.492 e. The lowest BCUT2D eigenvalue weighted by molar-refractivity contribution is 0.286. The number of nitrogens with two attached hydrogens (primary N) is 2. The summed E-state index contributed by atoms with van der Waals surface area (Å²) in [4.78, 5) is 0. The van der Waals surface area contributed by atoms with E-state index >= 15 is 0 Å². The van der Waals surface area contributed by atoms with E-state index in [0.717, 1.165) is 51.7 Å². The zero-order chi connectivity index (χ0) is 20.5. The third kappa shape index (κ3) is 6.87. The maximum atomic E-state index is 7.44. The van der Waals surface area contributed by atoms with E-state index in [2.05, 4.69) is 38.4 Å². The highest BCUT2D eigenvalue weighted by molar-refractivity contribution is 9.10. The molecular formula is C21H25Br2N3O2. The van der Waals surface area contributed by atoms with Crippen LogP contribution in [0.4, 0.5) is 0 Å². The van der Waals surface area contributed by atoms with Crippen LogP contribution in [0, 0.1) is 5.41 Å².